The van der Waals surface area contributed by atoms with Gasteiger partial charge >= 0.3 is 5.97 Å². The number of nitrogens with zero attached hydrogens (tertiary/aromatic N) is 2. The third-order valence-electron chi connectivity index (χ3n) is 1.85. The Kier molecular flexibility index (Phi) is 3.60. The van der Waals surface area contributed by atoms with E-state index in [0.717, 1.165) is 11.4 Å². The number of carbonyl (C=O) groups excluding carboxylic acids is 2. The topological polar surface area (TPSA) is 61.2 Å². The van der Waals surface area contributed by atoms with E-state index in [0.29, 0.717) is 0 Å². The van der Waals surface area contributed by atoms with Gasteiger partial charge in [0.2, 0.25) is 0 Å². The molecule has 82 valence electrons. The summed E-state index contributed by atoms with van der Waals surface area (Å²) in [6, 6.07) is 1.78. The molecule has 0 atom stereocenters. The zero-order valence-corrected chi connectivity index (χ0v) is 9.11. The van der Waals surface area contributed by atoms with Gasteiger partial charge in [-0.1, -0.05) is 0 Å². The monoisotopic (exact) mass is 210 g/mol. The molecule has 1 aromatic rings. The van der Waals surface area contributed by atoms with E-state index < -0.39 is 5.97 Å². The van der Waals surface area contributed by atoms with Gasteiger partial charge in [-0.15, -0.1) is 0 Å². The van der Waals surface area contributed by atoms with Crippen LogP contribution in [0.2, 0.25) is 0 Å². The fraction of sp³-hybridized carbons (Fsp3) is 0.500. The van der Waals surface area contributed by atoms with Crippen molar-refractivity contribution in [2.45, 2.75) is 27.2 Å². The van der Waals surface area contributed by atoms with Gasteiger partial charge in [0, 0.05) is 5.69 Å². The summed E-state index contributed by atoms with van der Waals surface area (Å²) in [7, 11) is 0. The van der Waals surface area contributed by atoms with Crippen molar-refractivity contribution in [2.24, 2.45) is 0 Å². The van der Waals surface area contributed by atoms with Crippen LogP contribution in [0.25, 0.3) is 0 Å². The van der Waals surface area contributed by atoms with Gasteiger partial charge in [-0.3, -0.25) is 9.59 Å². The van der Waals surface area contributed by atoms with Crippen LogP contribution >= 0.6 is 0 Å². The first kappa shape index (κ1) is 11.4. The van der Waals surface area contributed by atoms with Crippen LogP contribution in [0, 0.1) is 13.8 Å². The van der Waals surface area contributed by atoms with Crippen LogP contribution in [0.3, 0.4) is 0 Å². The first-order valence-corrected chi connectivity index (χ1v) is 4.76. The molecule has 15 heavy (non-hydrogen) atoms. The minimum Gasteiger partial charge on any atom is -0.466 e. The van der Waals surface area contributed by atoms with Crippen molar-refractivity contribution >= 4 is 11.9 Å². The largest absolute Gasteiger partial charge is 0.466 e. The fourth-order valence-electron chi connectivity index (χ4n) is 1.29. The van der Waals surface area contributed by atoms with Gasteiger partial charge in [0.25, 0.3) is 5.91 Å². The van der Waals surface area contributed by atoms with Gasteiger partial charge in [-0.2, -0.15) is 5.10 Å². The van der Waals surface area contributed by atoms with Crippen LogP contribution in [0.15, 0.2) is 6.07 Å². The van der Waals surface area contributed by atoms with Crippen molar-refractivity contribution in [3.05, 3.63) is 17.5 Å². The molecule has 0 unspecified atom stereocenters. The summed E-state index contributed by atoms with van der Waals surface area (Å²) in [6.45, 7) is 5.54. The van der Waals surface area contributed by atoms with E-state index in [-0.39, 0.29) is 18.9 Å². The van der Waals surface area contributed by atoms with Gasteiger partial charge in [0.15, 0.2) is 0 Å². The Morgan fingerprint density at radius 1 is 1.47 bits per heavy atom. The molecule has 5 heteroatoms. The lowest BCUT2D eigenvalue weighted by Gasteiger charge is -2.02. The minimum atomic E-state index is -0.518. The number of aryl methyl sites for hydroxylation is 2. The molecule has 0 amide bonds. The van der Waals surface area contributed by atoms with E-state index in [9.17, 15) is 9.59 Å². The predicted molar refractivity (Wildman–Crippen MR) is 53.6 cm³/mol. The molecular formula is C10H14N2O3. The number of hydrogen-bond acceptors (Lipinski definition) is 4. The van der Waals surface area contributed by atoms with Gasteiger partial charge in [-0.05, 0) is 26.8 Å². The van der Waals surface area contributed by atoms with E-state index in [4.69, 9.17) is 0 Å². The highest BCUT2D eigenvalue weighted by atomic mass is 16.5. The van der Waals surface area contributed by atoms with Crippen LogP contribution in [0.5, 0.6) is 0 Å². The molecule has 0 aliphatic rings. The number of esters is 1. The van der Waals surface area contributed by atoms with Crippen LogP contribution in [0.4, 0.5) is 0 Å². The fourth-order valence-corrected chi connectivity index (χ4v) is 1.29. The molecule has 0 saturated heterocycles. The zero-order valence-electron chi connectivity index (χ0n) is 9.11. The highest BCUT2D eigenvalue weighted by Crippen LogP contribution is 2.03. The van der Waals surface area contributed by atoms with Gasteiger partial charge < -0.3 is 4.74 Å². The summed E-state index contributed by atoms with van der Waals surface area (Å²) >= 11 is 0. The van der Waals surface area contributed by atoms with Crippen LogP contribution in [0.1, 0.15) is 29.5 Å². The summed E-state index contributed by atoms with van der Waals surface area (Å²) < 4.78 is 5.91. The van der Waals surface area contributed by atoms with E-state index in [1.54, 1.807) is 26.8 Å². The van der Waals surface area contributed by atoms with Crippen LogP contribution in [-0.2, 0) is 9.53 Å². The second kappa shape index (κ2) is 4.72. The molecule has 1 rings (SSSR count). The van der Waals surface area contributed by atoms with Crippen molar-refractivity contribution in [3.8, 4) is 0 Å². The van der Waals surface area contributed by atoms with E-state index in [2.05, 4.69) is 9.84 Å². The molecule has 0 aromatic carbocycles. The molecule has 0 bridgehead atoms. The lowest BCUT2D eigenvalue weighted by Crippen LogP contribution is -2.19. The molecule has 0 fully saturated rings. The molecule has 0 spiro atoms. The average Bonchev–Trinajstić information content (AvgIpc) is 2.45. The first-order valence-electron chi connectivity index (χ1n) is 4.76. The SMILES string of the molecule is CCOC(=O)CC(=O)n1nc(C)cc1C. The average molecular weight is 210 g/mol. The second-order valence-electron chi connectivity index (χ2n) is 3.21. The molecule has 0 radical (unpaired) electrons. The maximum absolute atomic E-state index is 11.6. The second-order valence-corrected chi connectivity index (χ2v) is 3.21. The Morgan fingerprint density at radius 2 is 2.13 bits per heavy atom. The normalized spacial score (nSPS) is 10.1. The Labute approximate surface area is 88.0 Å². The van der Waals surface area contributed by atoms with E-state index >= 15 is 0 Å². The summed E-state index contributed by atoms with van der Waals surface area (Å²) in [4.78, 5) is 22.6. The maximum atomic E-state index is 11.6. The quantitative estimate of drug-likeness (QED) is 0.553. The van der Waals surface area contributed by atoms with Gasteiger partial charge in [0.1, 0.15) is 6.42 Å². The van der Waals surface area contributed by atoms with Crippen molar-refractivity contribution in [1.82, 2.24) is 9.78 Å². The molecule has 5 nitrogen and oxygen atoms in total. The van der Waals surface area contributed by atoms with Crippen molar-refractivity contribution in [2.75, 3.05) is 6.61 Å². The molecule has 1 heterocycles. The Morgan fingerprint density at radius 3 is 2.60 bits per heavy atom. The minimum absolute atomic E-state index is 0.268. The summed E-state index contributed by atoms with van der Waals surface area (Å²) in [6.07, 6.45) is -0.268. The van der Waals surface area contributed by atoms with Crippen LogP contribution in [-0.4, -0.2) is 28.3 Å². The third-order valence-corrected chi connectivity index (χ3v) is 1.85. The predicted octanol–water partition coefficient (Wildman–Crippen LogP) is 1.09. The number of rotatable bonds is 3. The third kappa shape index (κ3) is 2.90. The Bertz CT molecular complexity index is 382. The van der Waals surface area contributed by atoms with E-state index in [1.807, 2.05) is 0 Å². The molecule has 0 N–H and O–H groups in total. The molecule has 1 aromatic heterocycles. The molecule has 0 aliphatic carbocycles. The molecule has 0 aliphatic heterocycles. The highest BCUT2D eigenvalue weighted by molar-refractivity contribution is 5.95. The lowest BCUT2D eigenvalue weighted by molar-refractivity contribution is -0.142. The van der Waals surface area contributed by atoms with Gasteiger partial charge in [-0.25, -0.2) is 4.68 Å². The first-order chi connectivity index (χ1) is 7.04. The number of hydrogen-bond donors (Lipinski definition) is 0. The van der Waals surface area contributed by atoms with Crippen molar-refractivity contribution in [3.63, 3.8) is 0 Å². The van der Waals surface area contributed by atoms with Crippen molar-refractivity contribution in [1.29, 1.82) is 0 Å². The number of ether oxygens (including phenoxy) is 1. The number of aromatic nitrogens is 2. The summed E-state index contributed by atoms with van der Waals surface area (Å²) in [5, 5.41) is 3.98. The molecular weight excluding hydrogens is 196 g/mol. The van der Waals surface area contributed by atoms with E-state index in [1.165, 1.54) is 4.68 Å². The Hall–Kier alpha value is -1.65. The summed E-state index contributed by atoms with van der Waals surface area (Å²) in [5.41, 5.74) is 1.48. The molecule has 0 saturated carbocycles. The smallest absolute Gasteiger partial charge is 0.315 e. The van der Waals surface area contributed by atoms with Crippen LogP contribution < -0.4 is 0 Å². The lowest BCUT2D eigenvalue weighted by atomic mass is 10.4. The summed E-state index contributed by atoms with van der Waals surface area (Å²) in [5.74, 6) is -0.880. The van der Waals surface area contributed by atoms with Crippen molar-refractivity contribution < 1.29 is 14.3 Å². The Balaban J connectivity index is 2.69. The van der Waals surface area contributed by atoms with Gasteiger partial charge in [0.05, 0.1) is 12.3 Å². The maximum Gasteiger partial charge on any atom is 0.315 e. The standard InChI is InChI=1S/C10H14N2O3/c1-4-15-10(14)6-9(13)12-8(3)5-7(2)11-12/h5H,4,6H2,1-3H3. The highest BCUT2D eigenvalue weighted by Gasteiger charge is 2.15. The number of carbonyl (C=O) groups is 2. The zero-order chi connectivity index (χ0) is 11.4.